The Balaban J connectivity index is 1.56. The van der Waals surface area contributed by atoms with Crippen molar-refractivity contribution in [1.29, 1.82) is 0 Å². The summed E-state index contributed by atoms with van der Waals surface area (Å²) in [5.74, 6) is 0.895. The molecule has 3 rings (SSSR count). The van der Waals surface area contributed by atoms with E-state index in [0.29, 0.717) is 18.8 Å². The number of carbonyl (C=O) groups excluding carboxylic acids is 1. The molecule has 2 aromatic rings. The van der Waals surface area contributed by atoms with Crippen molar-refractivity contribution in [1.82, 2.24) is 14.9 Å². The lowest BCUT2D eigenvalue weighted by Gasteiger charge is -2.31. The van der Waals surface area contributed by atoms with Crippen LogP contribution in [0.4, 0.5) is 0 Å². The number of hydrogen-bond donors (Lipinski definition) is 0. The molecular weight excluding hydrogens is 294 g/mol. The SMILES string of the molecule is CC1CCCN(C(=O)CCc2csc(-c3ccccn3)n2)C1. The number of thiazole rings is 1. The summed E-state index contributed by atoms with van der Waals surface area (Å²) >= 11 is 1.59. The molecule has 22 heavy (non-hydrogen) atoms. The van der Waals surface area contributed by atoms with Crippen molar-refractivity contribution in [2.24, 2.45) is 5.92 Å². The quantitative estimate of drug-likeness (QED) is 0.869. The summed E-state index contributed by atoms with van der Waals surface area (Å²) in [5, 5.41) is 2.96. The normalized spacial score (nSPS) is 18.4. The molecule has 0 spiro atoms. The second-order valence-corrected chi connectivity index (χ2v) is 6.80. The van der Waals surface area contributed by atoms with E-state index in [9.17, 15) is 4.79 Å². The van der Waals surface area contributed by atoms with Crippen molar-refractivity contribution in [3.05, 3.63) is 35.5 Å². The molecule has 1 atom stereocenters. The van der Waals surface area contributed by atoms with Gasteiger partial charge < -0.3 is 4.90 Å². The highest BCUT2D eigenvalue weighted by Gasteiger charge is 2.20. The van der Waals surface area contributed by atoms with E-state index in [2.05, 4.69) is 16.9 Å². The van der Waals surface area contributed by atoms with E-state index in [1.807, 2.05) is 28.5 Å². The lowest BCUT2D eigenvalue weighted by atomic mass is 10.00. The lowest BCUT2D eigenvalue weighted by molar-refractivity contribution is -0.132. The number of piperidine rings is 1. The van der Waals surface area contributed by atoms with Crippen LogP contribution in [0.3, 0.4) is 0 Å². The van der Waals surface area contributed by atoms with Crippen LogP contribution in [-0.4, -0.2) is 33.9 Å². The van der Waals surface area contributed by atoms with E-state index >= 15 is 0 Å². The van der Waals surface area contributed by atoms with Crippen molar-refractivity contribution in [3.63, 3.8) is 0 Å². The molecule has 0 radical (unpaired) electrons. The van der Waals surface area contributed by atoms with Gasteiger partial charge in [-0.05, 0) is 37.3 Å². The number of carbonyl (C=O) groups is 1. The number of pyridine rings is 1. The third-order valence-electron chi connectivity index (χ3n) is 4.04. The molecule has 116 valence electrons. The van der Waals surface area contributed by atoms with Crippen LogP contribution in [0.25, 0.3) is 10.7 Å². The first-order valence-electron chi connectivity index (χ1n) is 7.86. The summed E-state index contributed by atoms with van der Waals surface area (Å²) in [6.45, 7) is 4.05. The summed E-state index contributed by atoms with van der Waals surface area (Å²) in [6, 6.07) is 5.82. The van der Waals surface area contributed by atoms with E-state index in [-0.39, 0.29) is 5.91 Å². The number of rotatable bonds is 4. The zero-order valence-electron chi connectivity index (χ0n) is 12.9. The maximum absolute atomic E-state index is 12.3. The molecule has 0 bridgehead atoms. The van der Waals surface area contributed by atoms with Crippen LogP contribution < -0.4 is 0 Å². The van der Waals surface area contributed by atoms with Gasteiger partial charge in [0.25, 0.3) is 0 Å². The average Bonchev–Trinajstić information content (AvgIpc) is 3.02. The van der Waals surface area contributed by atoms with E-state index in [1.54, 1.807) is 17.5 Å². The highest BCUT2D eigenvalue weighted by molar-refractivity contribution is 7.13. The Hall–Kier alpha value is -1.75. The Morgan fingerprint density at radius 3 is 3.14 bits per heavy atom. The summed E-state index contributed by atoms with van der Waals surface area (Å²) in [4.78, 5) is 23.2. The molecule has 1 amide bonds. The Bertz CT molecular complexity index is 626. The van der Waals surface area contributed by atoms with Gasteiger partial charge in [0.2, 0.25) is 5.91 Å². The molecule has 0 N–H and O–H groups in total. The van der Waals surface area contributed by atoms with Gasteiger partial charge in [-0.2, -0.15) is 0 Å². The minimum absolute atomic E-state index is 0.263. The molecule has 3 heterocycles. The summed E-state index contributed by atoms with van der Waals surface area (Å²) in [5.41, 5.74) is 1.89. The molecule has 1 aliphatic rings. The van der Waals surface area contributed by atoms with E-state index in [0.717, 1.165) is 35.9 Å². The van der Waals surface area contributed by atoms with Crippen LogP contribution >= 0.6 is 11.3 Å². The summed E-state index contributed by atoms with van der Waals surface area (Å²) < 4.78 is 0. The van der Waals surface area contributed by atoms with Crippen LogP contribution in [0.2, 0.25) is 0 Å². The minimum atomic E-state index is 0.263. The molecule has 1 aliphatic heterocycles. The van der Waals surface area contributed by atoms with E-state index in [4.69, 9.17) is 0 Å². The zero-order chi connectivity index (χ0) is 15.4. The number of aromatic nitrogens is 2. The summed E-state index contributed by atoms with van der Waals surface area (Å²) in [6.07, 6.45) is 5.42. The van der Waals surface area contributed by atoms with Gasteiger partial charge in [0.1, 0.15) is 5.01 Å². The third-order valence-corrected chi connectivity index (χ3v) is 4.95. The Morgan fingerprint density at radius 1 is 1.45 bits per heavy atom. The number of hydrogen-bond acceptors (Lipinski definition) is 4. The van der Waals surface area contributed by atoms with Gasteiger partial charge in [-0.15, -0.1) is 11.3 Å². The Kier molecular flexibility index (Phi) is 4.83. The van der Waals surface area contributed by atoms with Gasteiger partial charge in [-0.3, -0.25) is 9.78 Å². The van der Waals surface area contributed by atoms with E-state index in [1.165, 1.54) is 6.42 Å². The van der Waals surface area contributed by atoms with Crippen LogP contribution in [0.1, 0.15) is 31.9 Å². The molecule has 2 aromatic heterocycles. The smallest absolute Gasteiger partial charge is 0.222 e. The van der Waals surface area contributed by atoms with Crippen LogP contribution in [-0.2, 0) is 11.2 Å². The number of likely N-dealkylation sites (tertiary alicyclic amines) is 1. The second kappa shape index (κ2) is 7.01. The molecule has 0 aromatic carbocycles. The van der Waals surface area contributed by atoms with Crippen molar-refractivity contribution in [2.75, 3.05) is 13.1 Å². The van der Waals surface area contributed by atoms with Gasteiger partial charge in [0.05, 0.1) is 11.4 Å². The van der Waals surface area contributed by atoms with Crippen molar-refractivity contribution >= 4 is 17.2 Å². The third kappa shape index (κ3) is 3.71. The average molecular weight is 315 g/mol. The van der Waals surface area contributed by atoms with Gasteiger partial charge in [-0.25, -0.2) is 4.98 Å². The minimum Gasteiger partial charge on any atom is -0.342 e. The second-order valence-electron chi connectivity index (χ2n) is 5.95. The molecule has 1 unspecified atom stereocenters. The predicted octanol–water partition coefficient (Wildman–Crippen LogP) is 3.40. The van der Waals surface area contributed by atoms with Crippen LogP contribution in [0.5, 0.6) is 0 Å². The standard InChI is InChI=1S/C17H21N3OS/c1-13-5-4-10-20(11-13)16(21)8-7-14-12-22-17(19-14)15-6-2-3-9-18-15/h2-3,6,9,12-13H,4-5,7-8,10-11H2,1H3. The molecule has 5 heteroatoms. The molecule has 1 fully saturated rings. The maximum atomic E-state index is 12.3. The summed E-state index contributed by atoms with van der Waals surface area (Å²) in [7, 11) is 0. The molecule has 0 saturated carbocycles. The zero-order valence-corrected chi connectivity index (χ0v) is 13.7. The predicted molar refractivity (Wildman–Crippen MR) is 88.6 cm³/mol. The highest BCUT2D eigenvalue weighted by Crippen LogP contribution is 2.22. The van der Waals surface area contributed by atoms with Gasteiger partial charge in [0, 0.05) is 31.1 Å². The highest BCUT2D eigenvalue weighted by atomic mass is 32.1. The number of nitrogens with zero attached hydrogens (tertiary/aromatic N) is 3. The fourth-order valence-corrected chi connectivity index (χ4v) is 3.67. The van der Waals surface area contributed by atoms with Gasteiger partial charge in [-0.1, -0.05) is 13.0 Å². The van der Waals surface area contributed by atoms with Crippen molar-refractivity contribution < 1.29 is 4.79 Å². The van der Waals surface area contributed by atoms with Crippen molar-refractivity contribution in [2.45, 2.75) is 32.6 Å². The first-order valence-corrected chi connectivity index (χ1v) is 8.74. The van der Waals surface area contributed by atoms with Crippen LogP contribution in [0.15, 0.2) is 29.8 Å². The maximum Gasteiger partial charge on any atom is 0.222 e. The monoisotopic (exact) mass is 315 g/mol. The molecule has 0 aliphatic carbocycles. The number of aryl methyl sites for hydroxylation is 1. The molecular formula is C17H21N3OS. The largest absolute Gasteiger partial charge is 0.342 e. The lowest BCUT2D eigenvalue weighted by Crippen LogP contribution is -2.39. The first-order chi connectivity index (χ1) is 10.7. The first kappa shape index (κ1) is 15.2. The Morgan fingerprint density at radius 2 is 2.36 bits per heavy atom. The van der Waals surface area contributed by atoms with Gasteiger partial charge >= 0.3 is 0 Å². The fourth-order valence-electron chi connectivity index (χ4n) is 2.84. The molecule has 1 saturated heterocycles. The fraction of sp³-hybridized carbons (Fsp3) is 0.471. The van der Waals surface area contributed by atoms with Gasteiger partial charge in [0.15, 0.2) is 0 Å². The van der Waals surface area contributed by atoms with Crippen molar-refractivity contribution in [3.8, 4) is 10.7 Å². The number of amides is 1. The van der Waals surface area contributed by atoms with E-state index < -0.39 is 0 Å². The topological polar surface area (TPSA) is 46.1 Å². The molecule has 4 nitrogen and oxygen atoms in total. The van der Waals surface area contributed by atoms with Crippen LogP contribution in [0, 0.1) is 5.92 Å². The Labute approximate surface area is 135 Å².